The van der Waals surface area contributed by atoms with Gasteiger partial charge in [0.2, 0.25) is 0 Å². The van der Waals surface area contributed by atoms with Gasteiger partial charge in [-0.3, -0.25) is 10.1 Å². The van der Waals surface area contributed by atoms with E-state index in [1.54, 1.807) is 0 Å². The molecule has 0 aliphatic carbocycles. The summed E-state index contributed by atoms with van der Waals surface area (Å²) in [7, 11) is 0. The van der Waals surface area contributed by atoms with Crippen molar-refractivity contribution in [2.45, 2.75) is 18.9 Å². The van der Waals surface area contributed by atoms with Crippen molar-refractivity contribution < 1.29 is 9.66 Å². The fourth-order valence-electron chi connectivity index (χ4n) is 1.94. The van der Waals surface area contributed by atoms with E-state index in [2.05, 4.69) is 5.32 Å². The maximum absolute atomic E-state index is 10.9. The van der Waals surface area contributed by atoms with Gasteiger partial charge in [-0.05, 0) is 31.5 Å². The molecule has 1 aliphatic rings. The van der Waals surface area contributed by atoms with Crippen LogP contribution in [0.2, 0.25) is 0 Å². The highest BCUT2D eigenvalue weighted by Crippen LogP contribution is 2.28. The standard InChI is InChI=1S/C12H13N3O3/c13-7-9-3-4-12(11(6-9)15(16)17)18-8-10-2-1-5-14-10/h3-4,6,10,14H,1-2,5,8H2. The minimum Gasteiger partial charge on any atom is -0.485 e. The van der Waals surface area contributed by atoms with Crippen LogP contribution in [0.3, 0.4) is 0 Å². The molecule has 0 saturated carbocycles. The van der Waals surface area contributed by atoms with Crippen LogP contribution < -0.4 is 10.1 Å². The highest BCUT2D eigenvalue weighted by atomic mass is 16.6. The van der Waals surface area contributed by atoms with Crippen LogP contribution in [0, 0.1) is 21.4 Å². The molecule has 94 valence electrons. The predicted octanol–water partition coefficient (Wildman–Crippen LogP) is 1.60. The first-order chi connectivity index (χ1) is 8.70. The summed E-state index contributed by atoms with van der Waals surface area (Å²) in [5.41, 5.74) is 0.0973. The number of hydrogen-bond acceptors (Lipinski definition) is 5. The second-order valence-corrected chi connectivity index (χ2v) is 4.16. The Morgan fingerprint density at radius 1 is 1.61 bits per heavy atom. The van der Waals surface area contributed by atoms with E-state index < -0.39 is 4.92 Å². The molecule has 1 N–H and O–H groups in total. The zero-order chi connectivity index (χ0) is 13.0. The molecule has 1 heterocycles. The summed E-state index contributed by atoms with van der Waals surface area (Å²) in [4.78, 5) is 10.4. The quantitative estimate of drug-likeness (QED) is 0.644. The summed E-state index contributed by atoms with van der Waals surface area (Å²) in [6.45, 7) is 1.37. The molecular weight excluding hydrogens is 234 g/mol. The van der Waals surface area contributed by atoms with Crippen LogP contribution >= 0.6 is 0 Å². The summed E-state index contributed by atoms with van der Waals surface area (Å²) in [6.07, 6.45) is 2.12. The molecule has 1 saturated heterocycles. The molecule has 0 radical (unpaired) electrons. The van der Waals surface area contributed by atoms with Gasteiger partial charge in [-0.25, -0.2) is 0 Å². The van der Waals surface area contributed by atoms with E-state index in [4.69, 9.17) is 10.00 Å². The Morgan fingerprint density at radius 3 is 3.06 bits per heavy atom. The molecule has 0 amide bonds. The van der Waals surface area contributed by atoms with Crippen LogP contribution in [0.15, 0.2) is 18.2 Å². The van der Waals surface area contributed by atoms with Gasteiger partial charge in [0.25, 0.3) is 0 Å². The van der Waals surface area contributed by atoms with Crippen LogP contribution in [-0.4, -0.2) is 24.1 Å². The van der Waals surface area contributed by atoms with Gasteiger partial charge in [0.15, 0.2) is 5.75 Å². The SMILES string of the molecule is N#Cc1ccc(OCC2CCCN2)c([N+](=O)[O-])c1. The molecule has 1 fully saturated rings. The van der Waals surface area contributed by atoms with Gasteiger partial charge in [0.05, 0.1) is 16.6 Å². The number of nitrogens with zero attached hydrogens (tertiary/aromatic N) is 2. The van der Waals surface area contributed by atoms with Crippen LogP contribution in [0.25, 0.3) is 0 Å². The monoisotopic (exact) mass is 247 g/mol. The van der Waals surface area contributed by atoms with E-state index in [1.165, 1.54) is 18.2 Å². The Morgan fingerprint density at radius 2 is 2.44 bits per heavy atom. The third-order valence-corrected chi connectivity index (χ3v) is 2.89. The predicted molar refractivity (Wildman–Crippen MR) is 64.3 cm³/mol. The molecule has 6 heteroatoms. The van der Waals surface area contributed by atoms with E-state index >= 15 is 0 Å². The third kappa shape index (κ3) is 2.76. The van der Waals surface area contributed by atoms with Gasteiger partial charge in [-0.1, -0.05) is 0 Å². The average molecular weight is 247 g/mol. The molecule has 1 aromatic rings. The zero-order valence-electron chi connectivity index (χ0n) is 9.76. The fraction of sp³-hybridized carbons (Fsp3) is 0.417. The molecule has 0 aromatic heterocycles. The van der Waals surface area contributed by atoms with E-state index in [0.29, 0.717) is 6.61 Å². The van der Waals surface area contributed by atoms with Crippen molar-refractivity contribution >= 4 is 5.69 Å². The first-order valence-corrected chi connectivity index (χ1v) is 5.75. The van der Waals surface area contributed by atoms with Gasteiger partial charge in [-0.15, -0.1) is 0 Å². The van der Waals surface area contributed by atoms with Gasteiger partial charge in [0, 0.05) is 12.1 Å². The van der Waals surface area contributed by atoms with Crippen molar-refractivity contribution in [2.75, 3.05) is 13.2 Å². The number of benzene rings is 1. The molecule has 1 aromatic carbocycles. The second kappa shape index (κ2) is 5.47. The second-order valence-electron chi connectivity index (χ2n) is 4.16. The van der Waals surface area contributed by atoms with Gasteiger partial charge < -0.3 is 10.1 Å². The van der Waals surface area contributed by atoms with Crippen molar-refractivity contribution in [3.8, 4) is 11.8 Å². The molecule has 1 aliphatic heterocycles. The summed E-state index contributed by atoms with van der Waals surface area (Å²) in [5.74, 6) is 0.215. The number of nitriles is 1. The maximum Gasteiger partial charge on any atom is 0.312 e. The maximum atomic E-state index is 10.9. The minimum atomic E-state index is -0.530. The van der Waals surface area contributed by atoms with Gasteiger partial charge in [-0.2, -0.15) is 5.26 Å². The Hall–Kier alpha value is -2.13. The fourth-order valence-corrected chi connectivity index (χ4v) is 1.94. The highest BCUT2D eigenvalue weighted by molar-refractivity contribution is 5.51. The Kier molecular flexibility index (Phi) is 3.75. The van der Waals surface area contributed by atoms with E-state index in [9.17, 15) is 10.1 Å². The molecule has 2 rings (SSSR count). The van der Waals surface area contributed by atoms with Crippen molar-refractivity contribution in [2.24, 2.45) is 0 Å². The molecule has 18 heavy (non-hydrogen) atoms. The van der Waals surface area contributed by atoms with Gasteiger partial charge >= 0.3 is 5.69 Å². The summed E-state index contributed by atoms with van der Waals surface area (Å²) >= 11 is 0. The number of ether oxygens (including phenoxy) is 1. The van der Waals surface area contributed by atoms with Crippen LogP contribution in [0.1, 0.15) is 18.4 Å². The molecule has 0 spiro atoms. The van der Waals surface area contributed by atoms with Crippen LogP contribution in [0.5, 0.6) is 5.75 Å². The smallest absolute Gasteiger partial charge is 0.312 e. The Labute approximate surface area is 104 Å². The number of nitro benzene ring substituents is 1. The minimum absolute atomic E-state index is 0.160. The first-order valence-electron chi connectivity index (χ1n) is 5.75. The van der Waals surface area contributed by atoms with Gasteiger partial charge in [0.1, 0.15) is 6.61 Å². The van der Waals surface area contributed by atoms with Crippen LogP contribution in [0.4, 0.5) is 5.69 Å². The topological polar surface area (TPSA) is 88.2 Å². The number of nitro groups is 1. The molecule has 6 nitrogen and oxygen atoms in total. The lowest BCUT2D eigenvalue weighted by Gasteiger charge is -2.12. The number of nitrogens with one attached hydrogen (secondary N) is 1. The summed E-state index contributed by atoms with van der Waals surface area (Å²) < 4.78 is 5.47. The van der Waals surface area contributed by atoms with Crippen LogP contribution in [-0.2, 0) is 0 Å². The van der Waals surface area contributed by atoms with Crippen molar-refractivity contribution in [3.63, 3.8) is 0 Å². The molecule has 1 unspecified atom stereocenters. The largest absolute Gasteiger partial charge is 0.485 e. The first kappa shape index (κ1) is 12.3. The summed E-state index contributed by atoms with van der Waals surface area (Å²) in [6, 6.07) is 6.35. The highest BCUT2D eigenvalue weighted by Gasteiger charge is 2.19. The van der Waals surface area contributed by atoms with Crippen molar-refractivity contribution in [3.05, 3.63) is 33.9 Å². The van der Waals surface area contributed by atoms with E-state index in [1.807, 2.05) is 6.07 Å². The Balaban J connectivity index is 2.11. The number of hydrogen-bond donors (Lipinski definition) is 1. The normalized spacial score (nSPS) is 18.3. The lowest BCUT2D eigenvalue weighted by atomic mass is 10.2. The Bertz CT molecular complexity index is 490. The third-order valence-electron chi connectivity index (χ3n) is 2.89. The average Bonchev–Trinajstić information content (AvgIpc) is 2.89. The molecular formula is C12H13N3O3. The summed E-state index contributed by atoms with van der Waals surface area (Å²) in [5, 5.41) is 22.9. The molecule has 1 atom stereocenters. The lowest BCUT2D eigenvalue weighted by Crippen LogP contribution is -2.28. The zero-order valence-corrected chi connectivity index (χ0v) is 9.76. The lowest BCUT2D eigenvalue weighted by molar-refractivity contribution is -0.385. The van der Waals surface area contributed by atoms with Crippen molar-refractivity contribution in [1.82, 2.24) is 5.32 Å². The van der Waals surface area contributed by atoms with Crippen molar-refractivity contribution in [1.29, 1.82) is 5.26 Å². The van der Waals surface area contributed by atoms with E-state index in [0.717, 1.165) is 19.4 Å². The number of rotatable bonds is 4. The molecule has 0 bridgehead atoms. The van der Waals surface area contributed by atoms with E-state index in [-0.39, 0.29) is 23.0 Å².